The topological polar surface area (TPSA) is 49.4 Å². The first-order valence-electron chi connectivity index (χ1n) is 9.82. The van der Waals surface area contributed by atoms with Crippen LogP contribution >= 0.6 is 23.4 Å². The molecule has 0 aliphatic carbocycles. The quantitative estimate of drug-likeness (QED) is 0.543. The molecule has 1 atom stereocenters. The summed E-state index contributed by atoms with van der Waals surface area (Å²) in [5.74, 6) is 1.40. The highest BCUT2D eigenvalue weighted by Crippen LogP contribution is 2.18. The van der Waals surface area contributed by atoms with Gasteiger partial charge in [0.05, 0.1) is 0 Å². The number of carbonyl (C=O) groups excluding carboxylic acids is 2. The van der Waals surface area contributed by atoms with Crippen molar-refractivity contribution in [3.63, 3.8) is 0 Å². The van der Waals surface area contributed by atoms with Crippen molar-refractivity contribution in [3.8, 4) is 0 Å². The van der Waals surface area contributed by atoms with Crippen LogP contribution in [0.15, 0.2) is 54.6 Å². The molecule has 1 N–H and O–H groups in total. The lowest BCUT2D eigenvalue weighted by molar-refractivity contribution is -0.140. The Balaban J connectivity index is 2.00. The fourth-order valence-corrected chi connectivity index (χ4v) is 3.99. The van der Waals surface area contributed by atoms with Crippen molar-refractivity contribution in [2.75, 3.05) is 5.75 Å². The van der Waals surface area contributed by atoms with Gasteiger partial charge in [0, 0.05) is 35.5 Å². The molecule has 0 unspecified atom stereocenters. The van der Waals surface area contributed by atoms with Gasteiger partial charge in [0.25, 0.3) is 0 Å². The second-order valence-electron chi connectivity index (χ2n) is 7.28. The highest BCUT2D eigenvalue weighted by atomic mass is 35.5. The maximum absolute atomic E-state index is 13.0. The normalized spacial score (nSPS) is 11.9. The van der Waals surface area contributed by atoms with Crippen molar-refractivity contribution >= 4 is 35.2 Å². The summed E-state index contributed by atoms with van der Waals surface area (Å²) in [5, 5.41) is 3.52. The van der Waals surface area contributed by atoms with Gasteiger partial charge in [-0.15, -0.1) is 0 Å². The van der Waals surface area contributed by atoms with Gasteiger partial charge in [-0.1, -0.05) is 54.1 Å². The molecule has 0 fully saturated rings. The molecule has 0 aliphatic heterocycles. The lowest BCUT2D eigenvalue weighted by Crippen LogP contribution is -2.49. The van der Waals surface area contributed by atoms with E-state index in [0.29, 0.717) is 23.7 Å². The van der Waals surface area contributed by atoms with Gasteiger partial charge < -0.3 is 10.2 Å². The van der Waals surface area contributed by atoms with Crippen LogP contribution in [0.1, 0.15) is 38.3 Å². The summed E-state index contributed by atoms with van der Waals surface area (Å²) in [5.41, 5.74) is 2.15. The molecule has 0 aliphatic rings. The molecule has 4 nitrogen and oxygen atoms in total. The summed E-state index contributed by atoms with van der Waals surface area (Å²) in [6, 6.07) is 17.1. The lowest BCUT2D eigenvalue weighted by atomic mass is 10.1. The van der Waals surface area contributed by atoms with E-state index in [4.69, 9.17) is 11.6 Å². The van der Waals surface area contributed by atoms with E-state index in [9.17, 15) is 9.59 Å². The van der Waals surface area contributed by atoms with Gasteiger partial charge in [0.1, 0.15) is 6.04 Å². The Morgan fingerprint density at radius 2 is 1.72 bits per heavy atom. The summed E-state index contributed by atoms with van der Waals surface area (Å²) < 4.78 is 0. The minimum atomic E-state index is -0.553. The maximum atomic E-state index is 13.0. The molecule has 2 aromatic carbocycles. The monoisotopic (exact) mass is 432 g/mol. The number of amides is 2. The van der Waals surface area contributed by atoms with Crippen LogP contribution in [0.3, 0.4) is 0 Å². The Morgan fingerprint density at radius 3 is 2.38 bits per heavy atom. The third-order valence-corrected chi connectivity index (χ3v) is 5.68. The second-order valence-corrected chi connectivity index (χ2v) is 8.82. The Hall–Kier alpha value is -1.98. The van der Waals surface area contributed by atoms with Crippen LogP contribution in [-0.4, -0.2) is 34.6 Å². The third kappa shape index (κ3) is 8.11. The molecule has 2 amide bonds. The third-order valence-electron chi connectivity index (χ3n) is 4.41. The minimum absolute atomic E-state index is 0.0227. The number of carbonyl (C=O) groups is 2. The average molecular weight is 433 g/mol. The van der Waals surface area contributed by atoms with Gasteiger partial charge in [-0.05, 0) is 44.0 Å². The van der Waals surface area contributed by atoms with Gasteiger partial charge >= 0.3 is 0 Å². The molecule has 0 spiro atoms. The molecule has 156 valence electrons. The second kappa shape index (κ2) is 11.9. The van der Waals surface area contributed by atoms with Gasteiger partial charge in [0.2, 0.25) is 11.8 Å². The molecular weight excluding hydrogens is 404 g/mol. The van der Waals surface area contributed by atoms with E-state index >= 15 is 0 Å². The molecule has 29 heavy (non-hydrogen) atoms. The van der Waals surface area contributed by atoms with Crippen molar-refractivity contribution < 1.29 is 9.59 Å². The van der Waals surface area contributed by atoms with Crippen molar-refractivity contribution in [2.45, 2.75) is 51.6 Å². The number of benzene rings is 2. The maximum Gasteiger partial charge on any atom is 0.242 e. The van der Waals surface area contributed by atoms with E-state index in [1.807, 2.05) is 50.2 Å². The summed E-state index contributed by atoms with van der Waals surface area (Å²) in [6.07, 6.45) is 0.386. The molecule has 0 heterocycles. The number of halogens is 1. The summed E-state index contributed by atoms with van der Waals surface area (Å²) >= 11 is 7.82. The first-order chi connectivity index (χ1) is 13.9. The highest BCUT2D eigenvalue weighted by molar-refractivity contribution is 7.98. The predicted molar refractivity (Wildman–Crippen MR) is 122 cm³/mol. The van der Waals surface area contributed by atoms with Crippen LogP contribution < -0.4 is 5.32 Å². The standard InChI is InChI=1S/C23H29ClN2O2S/c1-17(2)25-23(28)18(3)26(15-20-10-7-11-21(24)14-20)22(27)12-13-29-16-19-8-5-4-6-9-19/h4-11,14,17-18H,12-13,15-16H2,1-3H3,(H,25,28)/t18-/m0/s1. The Bertz CT molecular complexity index is 798. The Morgan fingerprint density at radius 1 is 1.03 bits per heavy atom. The summed E-state index contributed by atoms with van der Waals surface area (Å²) in [4.78, 5) is 27.2. The number of rotatable bonds is 10. The van der Waals surface area contributed by atoms with Crippen LogP contribution in [0, 0.1) is 0 Å². The first kappa shape index (κ1) is 23.3. The zero-order valence-corrected chi connectivity index (χ0v) is 18.8. The summed E-state index contributed by atoms with van der Waals surface area (Å²) in [6.45, 7) is 5.95. The molecule has 0 saturated heterocycles. The van der Waals surface area contributed by atoms with Crippen molar-refractivity contribution in [3.05, 3.63) is 70.7 Å². The van der Waals surface area contributed by atoms with Crippen molar-refractivity contribution in [1.82, 2.24) is 10.2 Å². The van der Waals surface area contributed by atoms with E-state index in [2.05, 4.69) is 17.4 Å². The number of hydrogen-bond acceptors (Lipinski definition) is 3. The van der Waals surface area contributed by atoms with Crippen LogP contribution in [0.2, 0.25) is 5.02 Å². The van der Waals surface area contributed by atoms with Crippen molar-refractivity contribution in [1.29, 1.82) is 0 Å². The van der Waals surface area contributed by atoms with Gasteiger partial charge in [-0.2, -0.15) is 11.8 Å². The van der Waals surface area contributed by atoms with Crippen LogP contribution in [-0.2, 0) is 21.9 Å². The van der Waals surface area contributed by atoms with Gasteiger partial charge in [-0.3, -0.25) is 9.59 Å². The summed E-state index contributed by atoms with van der Waals surface area (Å²) in [7, 11) is 0. The molecule has 2 rings (SSSR count). The zero-order chi connectivity index (χ0) is 21.2. The number of hydrogen-bond donors (Lipinski definition) is 1. The number of nitrogens with one attached hydrogen (secondary N) is 1. The molecule has 0 bridgehead atoms. The van der Waals surface area contributed by atoms with Crippen LogP contribution in [0.5, 0.6) is 0 Å². The number of thioether (sulfide) groups is 1. The Labute approximate surface area is 183 Å². The van der Waals surface area contributed by atoms with Gasteiger partial charge in [0.15, 0.2) is 0 Å². The molecular formula is C23H29ClN2O2S. The van der Waals surface area contributed by atoms with E-state index in [1.165, 1.54) is 5.56 Å². The van der Waals surface area contributed by atoms with Crippen molar-refractivity contribution in [2.24, 2.45) is 0 Å². The minimum Gasteiger partial charge on any atom is -0.352 e. The Kier molecular flexibility index (Phi) is 9.55. The molecule has 2 aromatic rings. The smallest absolute Gasteiger partial charge is 0.242 e. The predicted octanol–water partition coefficient (Wildman–Crippen LogP) is 4.91. The van der Waals surface area contributed by atoms with Crippen LogP contribution in [0.4, 0.5) is 0 Å². The molecule has 0 aromatic heterocycles. The first-order valence-corrected chi connectivity index (χ1v) is 11.4. The zero-order valence-electron chi connectivity index (χ0n) is 17.2. The molecule has 6 heteroatoms. The van der Waals surface area contributed by atoms with E-state index in [1.54, 1.807) is 29.7 Å². The molecule has 0 radical (unpaired) electrons. The highest BCUT2D eigenvalue weighted by Gasteiger charge is 2.26. The van der Waals surface area contributed by atoms with Crippen LogP contribution in [0.25, 0.3) is 0 Å². The average Bonchev–Trinajstić information content (AvgIpc) is 2.69. The number of nitrogens with zero attached hydrogens (tertiary/aromatic N) is 1. The van der Waals surface area contributed by atoms with Gasteiger partial charge in [-0.25, -0.2) is 0 Å². The largest absolute Gasteiger partial charge is 0.352 e. The van der Waals surface area contributed by atoms with E-state index in [0.717, 1.165) is 11.3 Å². The van der Waals surface area contributed by atoms with E-state index < -0.39 is 6.04 Å². The fourth-order valence-electron chi connectivity index (χ4n) is 2.89. The molecule has 0 saturated carbocycles. The lowest BCUT2D eigenvalue weighted by Gasteiger charge is -2.29. The SMILES string of the molecule is CC(C)NC(=O)[C@H](C)N(Cc1cccc(Cl)c1)C(=O)CCSCc1ccccc1. The van der Waals surface area contributed by atoms with E-state index in [-0.39, 0.29) is 17.9 Å². The fraction of sp³-hybridized carbons (Fsp3) is 0.391.